The molecule has 0 saturated heterocycles. The molecule has 0 N–H and O–H groups in total. The molecule has 0 aliphatic heterocycles. The van der Waals surface area contributed by atoms with Crippen LogP contribution in [0.1, 0.15) is 19.4 Å². The van der Waals surface area contributed by atoms with Crippen LogP contribution in [0, 0.1) is 23.7 Å². The van der Waals surface area contributed by atoms with Crippen LogP contribution < -0.4 is 0 Å². The molecule has 0 unspecified atom stereocenters. The number of hydrogen-bond acceptors (Lipinski definition) is 3. The summed E-state index contributed by atoms with van der Waals surface area (Å²) in [5.41, 5.74) is 0.889. The van der Waals surface area contributed by atoms with Gasteiger partial charge in [0.1, 0.15) is 0 Å². The van der Waals surface area contributed by atoms with E-state index in [0.717, 1.165) is 10.8 Å². The topological polar surface area (TPSA) is 36.7 Å². The summed E-state index contributed by atoms with van der Waals surface area (Å²) in [7, 11) is 0. The molecule has 2 nitrogen and oxygen atoms in total. The predicted molar refractivity (Wildman–Crippen MR) is 59.1 cm³/mol. The van der Waals surface area contributed by atoms with Crippen LogP contribution in [0.3, 0.4) is 0 Å². The lowest BCUT2D eigenvalue weighted by molar-refractivity contribution is 0.573. The van der Waals surface area contributed by atoms with Crippen LogP contribution in [0.15, 0.2) is 23.4 Å². The minimum atomic E-state index is -0.283. The first-order valence-electron chi connectivity index (χ1n) is 4.51. The first kappa shape index (κ1) is 11.1. The first-order chi connectivity index (χ1) is 6.55. The molecule has 0 aliphatic carbocycles. The molecule has 74 valence electrons. The molecule has 0 amide bonds. The maximum atomic E-state index is 8.86. The van der Waals surface area contributed by atoms with E-state index in [9.17, 15) is 0 Å². The van der Waals surface area contributed by atoms with E-state index in [4.69, 9.17) is 5.26 Å². The Hall–Kier alpha value is -1.01. The van der Waals surface area contributed by atoms with Crippen molar-refractivity contribution < 1.29 is 0 Å². The quantitative estimate of drug-likeness (QED) is 0.713. The highest BCUT2D eigenvalue weighted by atomic mass is 32.2. The van der Waals surface area contributed by atoms with Gasteiger partial charge in [-0.1, -0.05) is 6.07 Å². The Morgan fingerprint density at radius 2 is 2.29 bits per heavy atom. The van der Waals surface area contributed by atoms with Gasteiger partial charge in [-0.05, 0) is 32.4 Å². The second-order valence-electron chi connectivity index (χ2n) is 3.91. The van der Waals surface area contributed by atoms with Crippen LogP contribution in [0.25, 0.3) is 0 Å². The molecule has 0 atom stereocenters. The second kappa shape index (κ2) is 4.47. The molecule has 0 aromatic carbocycles. The number of hydrogen-bond donors (Lipinski definition) is 0. The zero-order chi connectivity index (χ0) is 10.6. The van der Waals surface area contributed by atoms with Crippen LogP contribution >= 0.6 is 11.8 Å². The molecule has 3 heteroatoms. The van der Waals surface area contributed by atoms with Gasteiger partial charge >= 0.3 is 0 Å². The van der Waals surface area contributed by atoms with Crippen molar-refractivity contribution >= 4 is 11.8 Å². The molecule has 1 aromatic heterocycles. The maximum absolute atomic E-state index is 8.86. The summed E-state index contributed by atoms with van der Waals surface area (Å²) >= 11 is 1.64. The lowest BCUT2D eigenvalue weighted by atomic mass is 10.00. The molecule has 1 heterocycles. The molecule has 0 aliphatic rings. The molecule has 1 aromatic rings. The Morgan fingerprint density at radius 1 is 1.57 bits per heavy atom. The third-order valence-corrected chi connectivity index (χ3v) is 3.40. The SMILES string of the molecule is Cc1cccnc1SCC(C)(C)C#N. The summed E-state index contributed by atoms with van der Waals surface area (Å²) < 4.78 is 0. The Labute approximate surface area is 89.4 Å². The van der Waals surface area contributed by atoms with Gasteiger partial charge in [0.05, 0.1) is 16.5 Å². The van der Waals surface area contributed by atoms with Gasteiger partial charge in [0, 0.05) is 11.9 Å². The van der Waals surface area contributed by atoms with E-state index in [1.54, 1.807) is 18.0 Å². The van der Waals surface area contributed by atoms with E-state index in [2.05, 4.69) is 11.1 Å². The minimum Gasteiger partial charge on any atom is -0.250 e. The third kappa shape index (κ3) is 3.04. The number of thioether (sulfide) groups is 1. The van der Waals surface area contributed by atoms with Gasteiger partial charge in [-0.2, -0.15) is 5.26 Å². The first-order valence-corrected chi connectivity index (χ1v) is 5.49. The highest BCUT2D eigenvalue weighted by Crippen LogP contribution is 2.27. The van der Waals surface area contributed by atoms with Crippen molar-refractivity contribution in [3.8, 4) is 6.07 Å². The Bertz CT molecular complexity index is 353. The zero-order valence-corrected chi connectivity index (χ0v) is 9.56. The van der Waals surface area contributed by atoms with Gasteiger partial charge in [0.25, 0.3) is 0 Å². The van der Waals surface area contributed by atoms with Gasteiger partial charge in [-0.3, -0.25) is 0 Å². The summed E-state index contributed by atoms with van der Waals surface area (Å²) in [6.07, 6.45) is 1.79. The van der Waals surface area contributed by atoms with Crippen molar-refractivity contribution in [1.29, 1.82) is 5.26 Å². The van der Waals surface area contributed by atoms with Crippen molar-refractivity contribution in [1.82, 2.24) is 4.98 Å². The van der Waals surface area contributed by atoms with E-state index >= 15 is 0 Å². The Balaban J connectivity index is 2.64. The standard InChI is InChI=1S/C11H14N2S/c1-9-5-4-6-13-10(9)14-8-11(2,3)7-12/h4-6H,8H2,1-3H3. The van der Waals surface area contributed by atoms with Crippen molar-refractivity contribution in [3.63, 3.8) is 0 Å². The predicted octanol–water partition coefficient (Wildman–Crippen LogP) is 3.03. The fourth-order valence-corrected chi connectivity index (χ4v) is 1.90. The summed E-state index contributed by atoms with van der Waals surface area (Å²) in [6.45, 7) is 5.92. The molecule has 0 bridgehead atoms. The lowest BCUT2D eigenvalue weighted by Crippen LogP contribution is -2.11. The van der Waals surface area contributed by atoms with E-state index in [0.29, 0.717) is 0 Å². The van der Waals surface area contributed by atoms with Gasteiger partial charge in [-0.15, -0.1) is 11.8 Å². The smallest absolute Gasteiger partial charge is 0.0989 e. The fourth-order valence-electron chi connectivity index (χ4n) is 0.903. The molecule has 14 heavy (non-hydrogen) atoms. The molecule has 0 saturated carbocycles. The van der Waals surface area contributed by atoms with Crippen molar-refractivity contribution in [3.05, 3.63) is 23.9 Å². The van der Waals surface area contributed by atoms with Gasteiger partial charge in [0.2, 0.25) is 0 Å². The van der Waals surface area contributed by atoms with Crippen molar-refractivity contribution in [2.75, 3.05) is 5.75 Å². The average Bonchev–Trinajstić information content (AvgIpc) is 2.17. The number of aromatic nitrogens is 1. The number of nitrogens with zero attached hydrogens (tertiary/aromatic N) is 2. The number of aryl methyl sites for hydroxylation is 1. The largest absolute Gasteiger partial charge is 0.250 e. The number of rotatable bonds is 3. The monoisotopic (exact) mass is 206 g/mol. The normalized spacial score (nSPS) is 11.0. The summed E-state index contributed by atoms with van der Waals surface area (Å²) in [4.78, 5) is 4.27. The summed E-state index contributed by atoms with van der Waals surface area (Å²) in [5, 5.41) is 9.88. The Morgan fingerprint density at radius 3 is 2.86 bits per heavy atom. The van der Waals surface area contributed by atoms with Crippen LogP contribution in [0.5, 0.6) is 0 Å². The van der Waals surface area contributed by atoms with Gasteiger partial charge in [-0.25, -0.2) is 4.98 Å². The summed E-state index contributed by atoms with van der Waals surface area (Å²) in [6, 6.07) is 6.24. The van der Waals surface area contributed by atoms with Crippen LogP contribution in [0.2, 0.25) is 0 Å². The highest BCUT2D eigenvalue weighted by Gasteiger charge is 2.17. The van der Waals surface area contributed by atoms with Crippen LogP contribution in [-0.2, 0) is 0 Å². The maximum Gasteiger partial charge on any atom is 0.0989 e. The van der Waals surface area contributed by atoms with Crippen molar-refractivity contribution in [2.45, 2.75) is 25.8 Å². The summed E-state index contributed by atoms with van der Waals surface area (Å²) in [5.74, 6) is 0.779. The van der Waals surface area contributed by atoms with E-state index in [1.165, 1.54) is 5.56 Å². The van der Waals surface area contributed by atoms with Gasteiger partial charge < -0.3 is 0 Å². The Kier molecular flexibility index (Phi) is 3.54. The second-order valence-corrected chi connectivity index (χ2v) is 4.87. The molecule has 0 fully saturated rings. The highest BCUT2D eigenvalue weighted by molar-refractivity contribution is 7.99. The van der Waals surface area contributed by atoms with Crippen LogP contribution in [-0.4, -0.2) is 10.7 Å². The molecule has 0 spiro atoms. The van der Waals surface area contributed by atoms with E-state index < -0.39 is 0 Å². The van der Waals surface area contributed by atoms with E-state index in [-0.39, 0.29) is 5.41 Å². The molecule has 1 rings (SSSR count). The van der Waals surface area contributed by atoms with E-state index in [1.807, 2.05) is 32.9 Å². The van der Waals surface area contributed by atoms with Crippen LogP contribution in [0.4, 0.5) is 0 Å². The molecular formula is C11H14N2S. The molecule has 0 radical (unpaired) electrons. The van der Waals surface area contributed by atoms with Gasteiger partial charge in [0.15, 0.2) is 0 Å². The zero-order valence-electron chi connectivity index (χ0n) is 8.74. The van der Waals surface area contributed by atoms with Crippen molar-refractivity contribution in [2.24, 2.45) is 5.41 Å². The number of nitriles is 1. The minimum absolute atomic E-state index is 0.283. The molecular weight excluding hydrogens is 192 g/mol. The third-order valence-electron chi connectivity index (χ3n) is 1.83. The fraction of sp³-hybridized carbons (Fsp3) is 0.455. The average molecular weight is 206 g/mol. The lowest BCUT2D eigenvalue weighted by Gasteiger charge is -2.14. The number of pyridine rings is 1.